The van der Waals surface area contributed by atoms with Crippen molar-refractivity contribution < 1.29 is 4.42 Å². The van der Waals surface area contributed by atoms with Crippen molar-refractivity contribution in [3.63, 3.8) is 0 Å². The number of thioether (sulfide) groups is 1. The first kappa shape index (κ1) is 11.7. The average Bonchev–Trinajstić information content (AvgIpc) is 2.61. The number of hydrogen-bond acceptors (Lipinski definition) is 3. The average molecular weight is 213 g/mol. The number of rotatable bonds is 5. The third-order valence-electron chi connectivity index (χ3n) is 2.35. The molecular formula is C11H19NOS. The van der Waals surface area contributed by atoms with Crippen LogP contribution in [0.2, 0.25) is 0 Å². The maximum atomic E-state index is 5.52. The highest BCUT2D eigenvalue weighted by atomic mass is 32.2. The van der Waals surface area contributed by atoms with E-state index in [0.29, 0.717) is 17.7 Å². The summed E-state index contributed by atoms with van der Waals surface area (Å²) in [6.45, 7) is 7.22. The van der Waals surface area contributed by atoms with Crippen LogP contribution in [0.4, 0.5) is 0 Å². The fraction of sp³-hybridized carbons (Fsp3) is 0.636. The molecule has 1 atom stereocenters. The molecule has 0 aliphatic heterocycles. The standard InChI is InChI=1S/C11H19NOS/c1-8(2)9(3)14-7-11-5-4-10(6-12)13-11/h4-5,8-9H,6-7,12H2,1-3H3. The molecule has 2 nitrogen and oxygen atoms in total. The molecule has 3 heteroatoms. The molecule has 1 aromatic rings. The molecule has 0 aliphatic rings. The van der Waals surface area contributed by atoms with Crippen molar-refractivity contribution in [2.24, 2.45) is 11.7 Å². The minimum absolute atomic E-state index is 0.490. The first-order valence-electron chi connectivity index (χ1n) is 5.02. The van der Waals surface area contributed by atoms with E-state index in [4.69, 9.17) is 10.2 Å². The first-order valence-corrected chi connectivity index (χ1v) is 6.07. The smallest absolute Gasteiger partial charge is 0.117 e. The van der Waals surface area contributed by atoms with Crippen LogP contribution in [-0.2, 0) is 12.3 Å². The van der Waals surface area contributed by atoms with Crippen molar-refractivity contribution in [1.29, 1.82) is 0 Å². The zero-order chi connectivity index (χ0) is 10.6. The molecule has 0 bridgehead atoms. The van der Waals surface area contributed by atoms with Crippen molar-refractivity contribution in [2.45, 2.75) is 38.3 Å². The first-order chi connectivity index (χ1) is 6.63. The fourth-order valence-electron chi connectivity index (χ4n) is 1.02. The maximum Gasteiger partial charge on any atom is 0.117 e. The Morgan fingerprint density at radius 1 is 1.29 bits per heavy atom. The van der Waals surface area contributed by atoms with E-state index >= 15 is 0 Å². The molecule has 1 heterocycles. The molecule has 1 aromatic heterocycles. The van der Waals surface area contributed by atoms with Crippen molar-refractivity contribution >= 4 is 11.8 Å². The summed E-state index contributed by atoms with van der Waals surface area (Å²) in [4.78, 5) is 0. The van der Waals surface area contributed by atoms with E-state index in [1.54, 1.807) is 0 Å². The second kappa shape index (κ2) is 5.47. The monoisotopic (exact) mass is 213 g/mol. The van der Waals surface area contributed by atoms with E-state index in [0.717, 1.165) is 17.3 Å². The third-order valence-corrected chi connectivity index (χ3v) is 3.87. The molecule has 80 valence electrons. The quantitative estimate of drug-likeness (QED) is 0.817. The second-order valence-corrected chi connectivity index (χ2v) is 5.20. The van der Waals surface area contributed by atoms with Crippen molar-refractivity contribution in [1.82, 2.24) is 0 Å². The van der Waals surface area contributed by atoms with E-state index in [-0.39, 0.29) is 0 Å². The normalized spacial score (nSPS) is 13.5. The van der Waals surface area contributed by atoms with Gasteiger partial charge in [0.15, 0.2) is 0 Å². The molecule has 0 saturated heterocycles. The lowest BCUT2D eigenvalue weighted by atomic mass is 10.2. The van der Waals surface area contributed by atoms with E-state index in [1.807, 2.05) is 23.9 Å². The highest BCUT2D eigenvalue weighted by molar-refractivity contribution is 7.99. The Morgan fingerprint density at radius 2 is 1.93 bits per heavy atom. The topological polar surface area (TPSA) is 39.2 Å². The van der Waals surface area contributed by atoms with Crippen LogP contribution in [0.3, 0.4) is 0 Å². The predicted molar refractivity (Wildman–Crippen MR) is 62.2 cm³/mol. The van der Waals surface area contributed by atoms with Crippen LogP contribution in [-0.4, -0.2) is 5.25 Å². The number of nitrogens with two attached hydrogens (primary N) is 1. The van der Waals surface area contributed by atoms with Gasteiger partial charge in [0.05, 0.1) is 12.3 Å². The van der Waals surface area contributed by atoms with E-state index in [1.165, 1.54) is 0 Å². The number of furan rings is 1. The van der Waals surface area contributed by atoms with Gasteiger partial charge in [-0.3, -0.25) is 0 Å². The van der Waals surface area contributed by atoms with Crippen LogP contribution in [0.1, 0.15) is 32.3 Å². The van der Waals surface area contributed by atoms with E-state index in [2.05, 4.69) is 20.8 Å². The van der Waals surface area contributed by atoms with Crippen molar-refractivity contribution in [3.05, 3.63) is 23.7 Å². The Balaban J connectivity index is 2.37. The van der Waals surface area contributed by atoms with Gasteiger partial charge >= 0.3 is 0 Å². The minimum Gasteiger partial charge on any atom is -0.464 e. The molecule has 1 rings (SSSR count). The Kier molecular flexibility index (Phi) is 4.55. The summed E-state index contributed by atoms with van der Waals surface area (Å²) >= 11 is 1.93. The summed E-state index contributed by atoms with van der Waals surface area (Å²) < 4.78 is 5.52. The molecule has 0 spiro atoms. The van der Waals surface area contributed by atoms with Gasteiger partial charge in [-0.05, 0) is 18.1 Å². The highest BCUT2D eigenvalue weighted by Gasteiger charge is 2.09. The Hall–Kier alpha value is -0.410. The van der Waals surface area contributed by atoms with Crippen LogP contribution in [0.15, 0.2) is 16.5 Å². The van der Waals surface area contributed by atoms with Crippen LogP contribution in [0.5, 0.6) is 0 Å². The number of hydrogen-bond donors (Lipinski definition) is 1. The van der Waals surface area contributed by atoms with E-state index in [9.17, 15) is 0 Å². The van der Waals surface area contributed by atoms with Gasteiger partial charge in [0.2, 0.25) is 0 Å². The Morgan fingerprint density at radius 3 is 2.43 bits per heavy atom. The molecule has 0 fully saturated rings. The Bertz CT molecular complexity index is 270. The maximum absolute atomic E-state index is 5.52. The largest absolute Gasteiger partial charge is 0.464 e. The van der Waals surface area contributed by atoms with Crippen LogP contribution in [0.25, 0.3) is 0 Å². The summed E-state index contributed by atoms with van der Waals surface area (Å²) in [6.07, 6.45) is 0. The van der Waals surface area contributed by atoms with Gasteiger partial charge < -0.3 is 10.2 Å². The zero-order valence-electron chi connectivity index (χ0n) is 9.12. The lowest BCUT2D eigenvalue weighted by Gasteiger charge is -2.13. The molecule has 0 saturated carbocycles. The molecule has 0 aromatic carbocycles. The van der Waals surface area contributed by atoms with Gasteiger partial charge in [-0.2, -0.15) is 11.8 Å². The van der Waals surface area contributed by atoms with Crippen LogP contribution in [0, 0.1) is 5.92 Å². The molecular weight excluding hydrogens is 194 g/mol. The molecule has 0 amide bonds. The van der Waals surface area contributed by atoms with Gasteiger partial charge in [0, 0.05) is 5.25 Å². The summed E-state index contributed by atoms with van der Waals surface area (Å²) in [6, 6.07) is 3.97. The van der Waals surface area contributed by atoms with Gasteiger partial charge in [-0.25, -0.2) is 0 Å². The van der Waals surface area contributed by atoms with E-state index < -0.39 is 0 Å². The molecule has 2 N–H and O–H groups in total. The lowest BCUT2D eigenvalue weighted by molar-refractivity contribution is 0.482. The fourth-order valence-corrected chi connectivity index (χ4v) is 1.98. The van der Waals surface area contributed by atoms with Gasteiger partial charge in [0.25, 0.3) is 0 Å². The zero-order valence-corrected chi connectivity index (χ0v) is 9.93. The summed E-state index contributed by atoms with van der Waals surface area (Å²) in [5, 5.41) is 0.668. The van der Waals surface area contributed by atoms with Gasteiger partial charge in [0.1, 0.15) is 11.5 Å². The Labute approximate surface area is 90.2 Å². The van der Waals surface area contributed by atoms with Gasteiger partial charge in [-0.15, -0.1) is 0 Å². The predicted octanol–water partition coefficient (Wildman–Crippen LogP) is 3.02. The molecule has 1 unspecified atom stereocenters. The van der Waals surface area contributed by atoms with Gasteiger partial charge in [-0.1, -0.05) is 20.8 Å². The SMILES string of the molecule is CC(C)C(C)SCc1ccc(CN)o1. The minimum atomic E-state index is 0.490. The van der Waals surface area contributed by atoms with Crippen LogP contribution < -0.4 is 5.73 Å². The molecule has 14 heavy (non-hydrogen) atoms. The highest BCUT2D eigenvalue weighted by Crippen LogP contribution is 2.23. The van der Waals surface area contributed by atoms with Crippen molar-refractivity contribution in [3.8, 4) is 0 Å². The molecule has 0 radical (unpaired) electrons. The third kappa shape index (κ3) is 3.39. The molecule has 0 aliphatic carbocycles. The summed E-state index contributed by atoms with van der Waals surface area (Å²) in [5.41, 5.74) is 5.47. The second-order valence-electron chi connectivity index (χ2n) is 3.83. The lowest BCUT2D eigenvalue weighted by Crippen LogP contribution is -2.05. The summed E-state index contributed by atoms with van der Waals surface area (Å²) in [7, 11) is 0. The van der Waals surface area contributed by atoms with Crippen LogP contribution >= 0.6 is 11.8 Å². The van der Waals surface area contributed by atoms with Crippen molar-refractivity contribution in [2.75, 3.05) is 0 Å². The summed E-state index contributed by atoms with van der Waals surface area (Å²) in [5.74, 6) is 3.56.